The Bertz CT molecular complexity index is 223. The Morgan fingerprint density at radius 3 is 2.54 bits per heavy atom. The molecule has 13 heavy (non-hydrogen) atoms. The molecule has 1 atom stereocenters. The number of rotatable bonds is 2. The standard InChI is InChI=1S/C10H17NO2/c1-8(12)10(6-13-7-10)9-3-4-11(2)5-9/h9H,3-7H2,1-2H3. The third kappa shape index (κ3) is 1.30. The van der Waals surface area contributed by atoms with Gasteiger partial charge in [-0.1, -0.05) is 0 Å². The molecule has 0 aromatic carbocycles. The molecule has 2 aliphatic rings. The molecule has 0 bridgehead atoms. The van der Waals surface area contributed by atoms with Crippen molar-refractivity contribution in [2.24, 2.45) is 11.3 Å². The lowest BCUT2D eigenvalue weighted by Gasteiger charge is -2.43. The Morgan fingerprint density at radius 2 is 2.23 bits per heavy atom. The van der Waals surface area contributed by atoms with Crippen LogP contribution in [0.3, 0.4) is 0 Å². The second-order valence-corrected chi connectivity index (χ2v) is 4.45. The molecule has 2 heterocycles. The molecule has 0 N–H and O–H groups in total. The second kappa shape index (κ2) is 3.07. The maximum atomic E-state index is 11.5. The van der Waals surface area contributed by atoms with E-state index >= 15 is 0 Å². The van der Waals surface area contributed by atoms with Crippen LogP contribution in [0.2, 0.25) is 0 Å². The molecule has 0 aliphatic carbocycles. The van der Waals surface area contributed by atoms with E-state index in [0.717, 1.165) is 19.5 Å². The summed E-state index contributed by atoms with van der Waals surface area (Å²) in [7, 11) is 2.12. The Morgan fingerprint density at radius 1 is 1.54 bits per heavy atom. The largest absolute Gasteiger partial charge is 0.379 e. The minimum Gasteiger partial charge on any atom is -0.379 e. The van der Waals surface area contributed by atoms with Gasteiger partial charge in [0, 0.05) is 6.54 Å². The van der Waals surface area contributed by atoms with Crippen LogP contribution in [0.25, 0.3) is 0 Å². The SMILES string of the molecule is CC(=O)C1(C2CCN(C)C2)COC1. The van der Waals surface area contributed by atoms with Gasteiger partial charge < -0.3 is 9.64 Å². The first kappa shape index (κ1) is 9.16. The molecule has 0 spiro atoms. The van der Waals surface area contributed by atoms with E-state index in [4.69, 9.17) is 4.74 Å². The molecule has 2 saturated heterocycles. The van der Waals surface area contributed by atoms with Crippen LogP contribution in [0.15, 0.2) is 0 Å². The van der Waals surface area contributed by atoms with Crippen LogP contribution in [0.5, 0.6) is 0 Å². The third-order valence-corrected chi connectivity index (χ3v) is 3.59. The van der Waals surface area contributed by atoms with E-state index in [1.54, 1.807) is 6.92 Å². The lowest BCUT2D eigenvalue weighted by atomic mass is 9.70. The van der Waals surface area contributed by atoms with Gasteiger partial charge in [-0.3, -0.25) is 4.79 Å². The number of likely N-dealkylation sites (tertiary alicyclic amines) is 1. The first-order chi connectivity index (χ1) is 6.15. The van der Waals surface area contributed by atoms with Crippen molar-refractivity contribution >= 4 is 5.78 Å². The van der Waals surface area contributed by atoms with Gasteiger partial charge in [0.25, 0.3) is 0 Å². The highest BCUT2D eigenvalue weighted by molar-refractivity contribution is 5.84. The molecule has 74 valence electrons. The first-order valence-corrected chi connectivity index (χ1v) is 4.92. The first-order valence-electron chi connectivity index (χ1n) is 4.92. The zero-order valence-electron chi connectivity index (χ0n) is 8.38. The van der Waals surface area contributed by atoms with E-state index in [1.807, 2.05) is 0 Å². The molecule has 0 radical (unpaired) electrons. The number of ether oxygens (including phenoxy) is 1. The molecule has 2 fully saturated rings. The zero-order chi connectivity index (χ0) is 9.47. The molecule has 0 aromatic heterocycles. The molecule has 3 nitrogen and oxygen atoms in total. The molecular formula is C10H17NO2. The van der Waals surface area contributed by atoms with Gasteiger partial charge in [0.1, 0.15) is 5.78 Å². The van der Waals surface area contributed by atoms with Gasteiger partial charge in [-0.25, -0.2) is 0 Å². The van der Waals surface area contributed by atoms with E-state index in [0.29, 0.717) is 24.9 Å². The summed E-state index contributed by atoms with van der Waals surface area (Å²) in [5.74, 6) is 0.850. The summed E-state index contributed by atoms with van der Waals surface area (Å²) in [5.41, 5.74) is -0.120. The van der Waals surface area contributed by atoms with Crippen LogP contribution in [0, 0.1) is 11.3 Å². The van der Waals surface area contributed by atoms with Crippen molar-refractivity contribution in [2.75, 3.05) is 33.4 Å². The highest BCUT2D eigenvalue weighted by Crippen LogP contribution is 2.41. The van der Waals surface area contributed by atoms with Gasteiger partial charge in [0.05, 0.1) is 18.6 Å². The van der Waals surface area contributed by atoms with Crippen molar-refractivity contribution in [3.8, 4) is 0 Å². The number of hydrogen-bond donors (Lipinski definition) is 0. The van der Waals surface area contributed by atoms with Crippen LogP contribution < -0.4 is 0 Å². The minimum absolute atomic E-state index is 0.120. The molecule has 3 heteroatoms. The van der Waals surface area contributed by atoms with Crippen LogP contribution >= 0.6 is 0 Å². The summed E-state index contributed by atoms with van der Waals surface area (Å²) in [6.45, 7) is 5.20. The lowest BCUT2D eigenvalue weighted by Crippen LogP contribution is -2.54. The van der Waals surface area contributed by atoms with E-state index in [2.05, 4.69) is 11.9 Å². The van der Waals surface area contributed by atoms with Gasteiger partial charge in [-0.05, 0) is 32.9 Å². The number of carbonyl (C=O) groups excluding carboxylic acids is 1. The highest BCUT2D eigenvalue weighted by Gasteiger charge is 2.50. The summed E-state index contributed by atoms with van der Waals surface area (Å²) in [4.78, 5) is 13.8. The maximum absolute atomic E-state index is 11.5. The zero-order valence-corrected chi connectivity index (χ0v) is 8.38. The molecule has 2 rings (SSSR count). The van der Waals surface area contributed by atoms with Crippen molar-refractivity contribution in [3.05, 3.63) is 0 Å². The number of ketones is 1. The molecule has 2 aliphatic heterocycles. The fraction of sp³-hybridized carbons (Fsp3) is 0.900. The van der Waals surface area contributed by atoms with E-state index in [-0.39, 0.29) is 5.41 Å². The topological polar surface area (TPSA) is 29.5 Å². The number of Topliss-reactive ketones (excluding diaryl/α,β-unsaturated/α-hetero) is 1. The normalized spacial score (nSPS) is 32.9. The van der Waals surface area contributed by atoms with Gasteiger partial charge in [0.2, 0.25) is 0 Å². The van der Waals surface area contributed by atoms with Crippen LogP contribution in [-0.4, -0.2) is 44.0 Å². The molecular weight excluding hydrogens is 166 g/mol. The summed E-state index contributed by atoms with van der Waals surface area (Å²) in [5, 5.41) is 0. The predicted molar refractivity (Wildman–Crippen MR) is 49.5 cm³/mol. The Balaban J connectivity index is 2.09. The van der Waals surface area contributed by atoms with Crippen LogP contribution in [0.4, 0.5) is 0 Å². The summed E-state index contributed by atoms with van der Waals surface area (Å²) >= 11 is 0. The molecule has 1 unspecified atom stereocenters. The summed E-state index contributed by atoms with van der Waals surface area (Å²) < 4.78 is 5.21. The minimum atomic E-state index is -0.120. The number of carbonyl (C=O) groups is 1. The average Bonchev–Trinajstić information content (AvgIpc) is 2.32. The fourth-order valence-corrected chi connectivity index (χ4v) is 2.43. The average molecular weight is 183 g/mol. The monoisotopic (exact) mass is 183 g/mol. The van der Waals surface area contributed by atoms with Crippen molar-refractivity contribution in [2.45, 2.75) is 13.3 Å². The Labute approximate surface area is 79.0 Å². The maximum Gasteiger partial charge on any atom is 0.140 e. The van der Waals surface area contributed by atoms with Crippen molar-refractivity contribution < 1.29 is 9.53 Å². The summed E-state index contributed by atoms with van der Waals surface area (Å²) in [6.07, 6.45) is 1.15. The van der Waals surface area contributed by atoms with Gasteiger partial charge in [0.15, 0.2) is 0 Å². The second-order valence-electron chi connectivity index (χ2n) is 4.45. The van der Waals surface area contributed by atoms with Gasteiger partial charge in [-0.15, -0.1) is 0 Å². The molecule has 0 aromatic rings. The Kier molecular flexibility index (Phi) is 2.16. The number of hydrogen-bond acceptors (Lipinski definition) is 3. The quantitative estimate of drug-likeness (QED) is 0.626. The Hall–Kier alpha value is -0.410. The van der Waals surface area contributed by atoms with Crippen molar-refractivity contribution in [1.29, 1.82) is 0 Å². The smallest absolute Gasteiger partial charge is 0.140 e. The van der Waals surface area contributed by atoms with Gasteiger partial charge in [-0.2, -0.15) is 0 Å². The number of nitrogens with zero attached hydrogens (tertiary/aromatic N) is 1. The van der Waals surface area contributed by atoms with Gasteiger partial charge >= 0.3 is 0 Å². The lowest BCUT2D eigenvalue weighted by molar-refractivity contribution is -0.169. The van der Waals surface area contributed by atoms with Crippen molar-refractivity contribution in [3.63, 3.8) is 0 Å². The van der Waals surface area contributed by atoms with E-state index < -0.39 is 0 Å². The predicted octanol–water partition coefficient (Wildman–Crippen LogP) is 0.544. The molecule has 0 saturated carbocycles. The van der Waals surface area contributed by atoms with E-state index in [9.17, 15) is 4.79 Å². The fourth-order valence-electron chi connectivity index (χ4n) is 2.43. The molecule has 0 amide bonds. The van der Waals surface area contributed by atoms with Crippen molar-refractivity contribution in [1.82, 2.24) is 4.90 Å². The van der Waals surface area contributed by atoms with Crippen LogP contribution in [0.1, 0.15) is 13.3 Å². The van der Waals surface area contributed by atoms with Crippen LogP contribution in [-0.2, 0) is 9.53 Å². The summed E-state index contributed by atoms with van der Waals surface area (Å²) in [6, 6.07) is 0. The third-order valence-electron chi connectivity index (χ3n) is 3.59. The highest BCUT2D eigenvalue weighted by atomic mass is 16.5. The van der Waals surface area contributed by atoms with E-state index in [1.165, 1.54) is 0 Å².